The number of nitrogens with zero attached hydrogens (tertiary/aromatic N) is 2. The Labute approximate surface area is 155 Å². The van der Waals surface area contributed by atoms with E-state index in [4.69, 9.17) is 4.74 Å². The summed E-state index contributed by atoms with van der Waals surface area (Å²) in [6.45, 7) is 15.7. The molecular weight excluding hydrogens is 332 g/mol. The van der Waals surface area contributed by atoms with Crippen molar-refractivity contribution in [2.75, 3.05) is 32.8 Å². The van der Waals surface area contributed by atoms with Gasteiger partial charge in [-0.2, -0.15) is 0 Å². The standard InChI is InChI=1S/C19H32N4O3/c1-12(2)10-23-7-8-26-14(11-23)9-20-16(24)15-13(3)21-18(19(4,5)6)22-17(15)25/h12,14H,7-11H2,1-6H3,(H,20,24)(H,21,22,25). The second kappa shape index (κ2) is 8.31. The monoisotopic (exact) mass is 364 g/mol. The summed E-state index contributed by atoms with van der Waals surface area (Å²) in [5.41, 5.74) is -0.157. The van der Waals surface area contributed by atoms with Crippen LogP contribution in [0.4, 0.5) is 0 Å². The van der Waals surface area contributed by atoms with Gasteiger partial charge in [-0.25, -0.2) is 4.98 Å². The number of aromatic amines is 1. The molecule has 0 aliphatic carbocycles. The Kier molecular flexibility index (Phi) is 6.58. The molecule has 7 nitrogen and oxygen atoms in total. The van der Waals surface area contributed by atoms with Gasteiger partial charge in [-0.1, -0.05) is 34.6 Å². The highest BCUT2D eigenvalue weighted by atomic mass is 16.5. The summed E-state index contributed by atoms with van der Waals surface area (Å²) >= 11 is 0. The summed E-state index contributed by atoms with van der Waals surface area (Å²) in [5, 5.41) is 2.83. The highest BCUT2D eigenvalue weighted by Gasteiger charge is 2.24. The molecule has 0 spiro atoms. The van der Waals surface area contributed by atoms with Crippen LogP contribution in [0.25, 0.3) is 0 Å². The maximum atomic E-state index is 12.5. The Hall–Kier alpha value is -1.73. The number of rotatable bonds is 5. The first-order valence-corrected chi connectivity index (χ1v) is 9.31. The smallest absolute Gasteiger partial charge is 0.264 e. The molecular formula is C19H32N4O3. The van der Waals surface area contributed by atoms with Crippen molar-refractivity contribution in [3.63, 3.8) is 0 Å². The summed E-state index contributed by atoms with van der Waals surface area (Å²) in [6.07, 6.45) is -0.0624. The van der Waals surface area contributed by atoms with Crippen molar-refractivity contribution in [3.05, 3.63) is 27.4 Å². The van der Waals surface area contributed by atoms with Crippen molar-refractivity contribution in [1.29, 1.82) is 0 Å². The number of ether oxygens (including phenoxy) is 1. The van der Waals surface area contributed by atoms with E-state index in [-0.39, 0.29) is 17.1 Å². The van der Waals surface area contributed by atoms with Gasteiger partial charge in [0.15, 0.2) is 0 Å². The summed E-state index contributed by atoms with van der Waals surface area (Å²) in [6, 6.07) is 0. The van der Waals surface area contributed by atoms with Gasteiger partial charge >= 0.3 is 0 Å². The lowest BCUT2D eigenvalue weighted by molar-refractivity contribution is -0.0295. The Morgan fingerprint density at radius 1 is 1.42 bits per heavy atom. The molecule has 0 radical (unpaired) electrons. The first-order chi connectivity index (χ1) is 12.1. The molecule has 146 valence electrons. The van der Waals surface area contributed by atoms with Crippen molar-refractivity contribution in [1.82, 2.24) is 20.2 Å². The van der Waals surface area contributed by atoms with E-state index >= 15 is 0 Å². The molecule has 1 aliphatic heterocycles. The third-order valence-corrected chi connectivity index (χ3v) is 4.37. The third-order valence-electron chi connectivity index (χ3n) is 4.37. The van der Waals surface area contributed by atoms with Gasteiger partial charge in [0.05, 0.1) is 18.4 Å². The lowest BCUT2D eigenvalue weighted by atomic mass is 9.95. The van der Waals surface area contributed by atoms with Gasteiger partial charge < -0.3 is 15.0 Å². The Balaban J connectivity index is 2.01. The van der Waals surface area contributed by atoms with E-state index in [1.807, 2.05) is 20.8 Å². The molecule has 1 amide bonds. The van der Waals surface area contributed by atoms with Crippen LogP contribution in [0.15, 0.2) is 4.79 Å². The fourth-order valence-corrected chi connectivity index (χ4v) is 3.09. The molecule has 1 aromatic heterocycles. The number of nitrogens with one attached hydrogen (secondary N) is 2. The second-order valence-electron chi connectivity index (χ2n) is 8.48. The van der Waals surface area contributed by atoms with Crippen LogP contribution in [-0.2, 0) is 10.2 Å². The van der Waals surface area contributed by atoms with Gasteiger partial charge in [0.1, 0.15) is 11.4 Å². The average molecular weight is 364 g/mol. The Morgan fingerprint density at radius 3 is 2.69 bits per heavy atom. The zero-order chi connectivity index (χ0) is 19.5. The van der Waals surface area contributed by atoms with Gasteiger partial charge in [0.25, 0.3) is 11.5 Å². The van der Waals surface area contributed by atoms with Crippen LogP contribution in [0.5, 0.6) is 0 Å². The molecule has 1 aliphatic rings. The highest BCUT2D eigenvalue weighted by molar-refractivity contribution is 5.94. The average Bonchev–Trinajstić information content (AvgIpc) is 2.51. The normalized spacial score (nSPS) is 19.0. The minimum absolute atomic E-state index is 0.0624. The van der Waals surface area contributed by atoms with Crippen LogP contribution in [0.3, 0.4) is 0 Å². The molecule has 1 fully saturated rings. The van der Waals surface area contributed by atoms with Crippen molar-refractivity contribution < 1.29 is 9.53 Å². The molecule has 1 saturated heterocycles. The Morgan fingerprint density at radius 2 is 2.12 bits per heavy atom. The first-order valence-electron chi connectivity index (χ1n) is 9.31. The van der Waals surface area contributed by atoms with Crippen LogP contribution in [0.2, 0.25) is 0 Å². The SMILES string of the molecule is Cc1nc(C(C)(C)C)[nH]c(=O)c1C(=O)NCC1CN(CC(C)C)CCO1. The molecule has 0 saturated carbocycles. The van der Waals surface area contributed by atoms with Crippen molar-refractivity contribution >= 4 is 5.91 Å². The van der Waals surface area contributed by atoms with Crippen molar-refractivity contribution in [2.24, 2.45) is 5.92 Å². The fraction of sp³-hybridized carbons (Fsp3) is 0.737. The number of carbonyl (C=O) groups excluding carboxylic acids is 1. The first kappa shape index (κ1) is 20.6. The highest BCUT2D eigenvalue weighted by Crippen LogP contribution is 2.17. The molecule has 2 heterocycles. The number of amides is 1. The van der Waals surface area contributed by atoms with E-state index < -0.39 is 11.5 Å². The second-order valence-corrected chi connectivity index (χ2v) is 8.48. The lowest BCUT2D eigenvalue weighted by Crippen LogP contribution is -2.48. The third kappa shape index (κ3) is 5.38. The predicted octanol–water partition coefficient (Wildman–Crippen LogP) is 1.46. The van der Waals surface area contributed by atoms with Gasteiger partial charge in [0, 0.05) is 31.6 Å². The number of hydrogen-bond donors (Lipinski definition) is 2. The van der Waals surface area contributed by atoms with Gasteiger partial charge in [-0.05, 0) is 12.8 Å². The van der Waals surface area contributed by atoms with Crippen LogP contribution in [0.1, 0.15) is 56.5 Å². The van der Waals surface area contributed by atoms with Gasteiger partial charge in [0.2, 0.25) is 0 Å². The number of carbonyl (C=O) groups is 1. The molecule has 1 unspecified atom stereocenters. The fourth-order valence-electron chi connectivity index (χ4n) is 3.09. The minimum atomic E-state index is -0.402. The number of aromatic nitrogens is 2. The summed E-state index contributed by atoms with van der Waals surface area (Å²) in [7, 11) is 0. The maximum Gasteiger partial charge on any atom is 0.264 e. The largest absolute Gasteiger partial charge is 0.374 e. The van der Waals surface area contributed by atoms with Crippen molar-refractivity contribution in [3.8, 4) is 0 Å². The van der Waals surface area contributed by atoms with Crippen LogP contribution in [0, 0.1) is 12.8 Å². The molecule has 1 atom stereocenters. The summed E-state index contributed by atoms with van der Waals surface area (Å²) < 4.78 is 5.74. The van der Waals surface area contributed by atoms with Gasteiger partial charge in [-0.3, -0.25) is 14.5 Å². The topological polar surface area (TPSA) is 87.3 Å². The molecule has 1 aromatic rings. The van der Waals surface area contributed by atoms with E-state index in [9.17, 15) is 9.59 Å². The summed E-state index contributed by atoms with van der Waals surface area (Å²) in [5.74, 6) is 0.773. The van der Waals surface area contributed by atoms with E-state index in [1.54, 1.807) is 6.92 Å². The van der Waals surface area contributed by atoms with E-state index in [2.05, 4.69) is 34.0 Å². The zero-order valence-electron chi connectivity index (χ0n) is 16.8. The Bertz CT molecular complexity index is 691. The molecule has 2 rings (SSSR count). The molecule has 26 heavy (non-hydrogen) atoms. The van der Waals surface area contributed by atoms with E-state index in [0.717, 1.165) is 19.6 Å². The lowest BCUT2D eigenvalue weighted by Gasteiger charge is -2.33. The molecule has 2 N–H and O–H groups in total. The molecule has 0 bridgehead atoms. The number of hydrogen-bond acceptors (Lipinski definition) is 5. The minimum Gasteiger partial charge on any atom is -0.374 e. The maximum absolute atomic E-state index is 12.5. The predicted molar refractivity (Wildman–Crippen MR) is 102 cm³/mol. The zero-order valence-corrected chi connectivity index (χ0v) is 16.8. The van der Waals surface area contributed by atoms with E-state index in [0.29, 0.717) is 30.6 Å². The van der Waals surface area contributed by atoms with E-state index in [1.165, 1.54) is 0 Å². The number of aryl methyl sites for hydroxylation is 1. The van der Waals surface area contributed by atoms with Crippen molar-refractivity contribution in [2.45, 2.75) is 53.1 Å². The molecule has 0 aromatic carbocycles. The van der Waals surface area contributed by atoms with Crippen LogP contribution >= 0.6 is 0 Å². The molecule has 7 heteroatoms. The summed E-state index contributed by atoms with van der Waals surface area (Å²) in [4.78, 5) is 34.4. The number of morpholine rings is 1. The quantitative estimate of drug-likeness (QED) is 0.826. The van der Waals surface area contributed by atoms with Crippen LogP contribution in [-0.4, -0.2) is 59.7 Å². The van der Waals surface area contributed by atoms with Crippen LogP contribution < -0.4 is 10.9 Å². The number of H-pyrrole nitrogens is 1. The van der Waals surface area contributed by atoms with Gasteiger partial charge in [-0.15, -0.1) is 0 Å².